The van der Waals surface area contributed by atoms with Gasteiger partial charge in [0.1, 0.15) is 0 Å². The summed E-state index contributed by atoms with van der Waals surface area (Å²) in [5, 5.41) is 10.9. The van der Waals surface area contributed by atoms with Gasteiger partial charge in [0.05, 0.1) is 10.5 Å². The van der Waals surface area contributed by atoms with Gasteiger partial charge in [0, 0.05) is 41.6 Å². The average molecular weight is 390 g/mol. The minimum Gasteiger partial charge on any atom is -0.347 e. The van der Waals surface area contributed by atoms with E-state index in [1.54, 1.807) is 31.9 Å². The van der Waals surface area contributed by atoms with Crippen molar-refractivity contribution in [3.8, 4) is 0 Å². The maximum Gasteiger partial charge on any atom is 0.416 e. The Morgan fingerprint density at radius 3 is 2.46 bits per heavy atom. The quantitative estimate of drug-likeness (QED) is 0.422. The van der Waals surface area contributed by atoms with Gasteiger partial charge in [-0.25, -0.2) is 0 Å². The van der Waals surface area contributed by atoms with Gasteiger partial charge in [-0.1, -0.05) is 13.8 Å². The number of likely N-dealkylation sites (N-methyl/N-ethyl adjacent to an activating group) is 1. The van der Waals surface area contributed by atoms with Crippen molar-refractivity contribution in [2.45, 2.75) is 25.4 Å². The fraction of sp³-hybridized carbons (Fsp3) is 0.250. The van der Waals surface area contributed by atoms with Crippen molar-refractivity contribution in [3.63, 3.8) is 0 Å². The fourth-order valence-corrected chi connectivity index (χ4v) is 3.46. The molecule has 28 heavy (non-hydrogen) atoms. The topological polar surface area (TPSA) is 63.4 Å². The summed E-state index contributed by atoms with van der Waals surface area (Å²) in [6.07, 6.45) is 2.06. The van der Waals surface area contributed by atoms with Crippen LogP contribution in [0.3, 0.4) is 0 Å². The van der Waals surface area contributed by atoms with Crippen LogP contribution in [0.5, 0.6) is 0 Å². The summed E-state index contributed by atoms with van der Waals surface area (Å²) in [6, 6.07) is 3.60. The molecule has 0 amide bonds. The van der Waals surface area contributed by atoms with E-state index in [0.717, 1.165) is 24.3 Å². The van der Waals surface area contributed by atoms with Crippen LogP contribution in [-0.2, 0) is 16.4 Å². The molecule has 0 saturated heterocycles. The zero-order valence-electron chi connectivity index (χ0n) is 15.4. The molecule has 0 atom stereocenters. The van der Waals surface area contributed by atoms with Gasteiger partial charge in [0.15, 0.2) is 5.78 Å². The fourth-order valence-electron chi connectivity index (χ4n) is 3.46. The van der Waals surface area contributed by atoms with Crippen molar-refractivity contribution >= 4 is 11.5 Å². The van der Waals surface area contributed by atoms with Crippen LogP contribution in [0.25, 0.3) is 0 Å². The van der Waals surface area contributed by atoms with Crippen molar-refractivity contribution in [3.05, 3.63) is 86.8 Å². The maximum absolute atomic E-state index is 13.1. The molecule has 146 valence electrons. The number of alkyl halides is 3. The van der Waals surface area contributed by atoms with E-state index in [9.17, 15) is 28.1 Å². The summed E-state index contributed by atoms with van der Waals surface area (Å²) < 4.78 is 39.3. The number of nitro groups is 1. The molecule has 0 fully saturated rings. The number of rotatable bonds is 2. The Balaban J connectivity index is 2.05. The third kappa shape index (κ3) is 3.26. The number of carbonyl (C=O) groups excluding carboxylic acids is 1. The van der Waals surface area contributed by atoms with E-state index in [-0.39, 0.29) is 17.1 Å². The van der Waals surface area contributed by atoms with Crippen LogP contribution in [0.4, 0.5) is 18.9 Å². The number of allylic oxidation sites excluding steroid dienone is 7. The molecular formula is C20H17F3N2O3. The van der Waals surface area contributed by atoms with Gasteiger partial charge in [-0.05, 0) is 42.0 Å². The lowest BCUT2D eigenvalue weighted by Crippen LogP contribution is -2.22. The summed E-state index contributed by atoms with van der Waals surface area (Å²) >= 11 is 0. The number of hydrogen-bond acceptors (Lipinski definition) is 4. The molecule has 1 aliphatic carbocycles. The summed E-state index contributed by atoms with van der Waals surface area (Å²) in [4.78, 5) is 24.1. The Kier molecular flexibility index (Phi) is 4.53. The first kappa shape index (κ1) is 19.6. The van der Waals surface area contributed by atoms with Crippen LogP contribution < -0.4 is 4.90 Å². The highest BCUT2D eigenvalue weighted by atomic mass is 19.4. The number of nitrogens with zero attached hydrogens (tertiary/aromatic N) is 2. The minimum absolute atomic E-state index is 0.137. The molecule has 1 aliphatic heterocycles. The molecule has 0 aromatic heterocycles. The SMILES string of the molecule is CN1/C(=C\C=C2\C=C([N+](=O)[O-])C=CC2=O)C(C)(C)c2cc(C(F)(F)F)ccc21. The molecule has 3 rings (SSSR count). The number of carbonyl (C=O) groups is 1. The van der Waals surface area contributed by atoms with Crippen LogP contribution in [-0.4, -0.2) is 17.8 Å². The standard InChI is InChI=1S/C20H17F3N2O3/c1-19(2)15-11-13(20(21,22)23)5-7-16(15)24(3)18(19)9-4-12-10-14(25(27)28)6-8-17(12)26/h4-11H,1-3H3/b12-4-,18-9-. The summed E-state index contributed by atoms with van der Waals surface area (Å²) in [5.41, 5.74) is 0.293. The van der Waals surface area contributed by atoms with E-state index in [1.165, 1.54) is 18.2 Å². The molecule has 1 aromatic rings. The lowest BCUT2D eigenvalue weighted by molar-refractivity contribution is -0.419. The average Bonchev–Trinajstić information content (AvgIpc) is 2.79. The number of halogens is 3. The van der Waals surface area contributed by atoms with Gasteiger partial charge in [-0.2, -0.15) is 13.2 Å². The van der Waals surface area contributed by atoms with Gasteiger partial charge >= 0.3 is 6.18 Å². The Morgan fingerprint density at radius 1 is 1.18 bits per heavy atom. The van der Waals surface area contributed by atoms with E-state index in [0.29, 0.717) is 16.9 Å². The van der Waals surface area contributed by atoms with E-state index >= 15 is 0 Å². The van der Waals surface area contributed by atoms with Crippen molar-refractivity contribution in [2.24, 2.45) is 0 Å². The molecule has 0 unspecified atom stereocenters. The first-order chi connectivity index (χ1) is 12.9. The van der Waals surface area contributed by atoms with Gasteiger partial charge in [0.25, 0.3) is 5.70 Å². The van der Waals surface area contributed by atoms with Crippen molar-refractivity contribution in [1.82, 2.24) is 0 Å². The minimum atomic E-state index is -4.44. The van der Waals surface area contributed by atoms with Crippen molar-refractivity contribution in [2.75, 3.05) is 11.9 Å². The first-order valence-electron chi connectivity index (χ1n) is 8.39. The highest BCUT2D eigenvalue weighted by molar-refractivity contribution is 6.07. The molecular weight excluding hydrogens is 373 g/mol. The van der Waals surface area contributed by atoms with Crippen molar-refractivity contribution in [1.29, 1.82) is 0 Å². The first-order valence-corrected chi connectivity index (χ1v) is 8.39. The van der Waals surface area contributed by atoms with E-state index in [2.05, 4.69) is 0 Å². The molecule has 0 saturated carbocycles. The van der Waals surface area contributed by atoms with Crippen molar-refractivity contribution < 1.29 is 22.9 Å². The molecule has 0 radical (unpaired) electrons. The third-order valence-electron chi connectivity index (χ3n) is 4.99. The Hall–Kier alpha value is -3.16. The van der Waals surface area contributed by atoms with E-state index in [1.807, 2.05) is 0 Å². The lowest BCUT2D eigenvalue weighted by Gasteiger charge is -2.24. The molecule has 5 nitrogen and oxygen atoms in total. The maximum atomic E-state index is 13.1. The molecule has 1 aromatic carbocycles. The molecule has 0 N–H and O–H groups in total. The second-order valence-corrected chi connectivity index (χ2v) is 7.11. The van der Waals surface area contributed by atoms with Gasteiger partial charge in [-0.3, -0.25) is 14.9 Å². The number of fused-ring (bicyclic) bond motifs is 1. The summed E-state index contributed by atoms with van der Waals surface area (Å²) in [6.45, 7) is 3.58. The highest BCUT2D eigenvalue weighted by Crippen LogP contribution is 2.48. The molecule has 0 bridgehead atoms. The highest BCUT2D eigenvalue weighted by Gasteiger charge is 2.41. The zero-order valence-corrected chi connectivity index (χ0v) is 15.4. The lowest BCUT2D eigenvalue weighted by atomic mass is 9.83. The van der Waals surface area contributed by atoms with E-state index < -0.39 is 22.1 Å². The predicted octanol–water partition coefficient (Wildman–Crippen LogP) is 4.54. The summed E-state index contributed by atoms with van der Waals surface area (Å²) in [5.74, 6) is -0.377. The van der Waals surface area contributed by atoms with E-state index in [4.69, 9.17) is 0 Å². The molecule has 1 heterocycles. The Morgan fingerprint density at radius 2 is 1.86 bits per heavy atom. The normalized spacial score (nSPS) is 21.3. The monoisotopic (exact) mass is 390 g/mol. The molecule has 8 heteroatoms. The second kappa shape index (κ2) is 6.47. The Bertz CT molecular complexity index is 998. The van der Waals surface area contributed by atoms with Crippen LogP contribution in [0.2, 0.25) is 0 Å². The smallest absolute Gasteiger partial charge is 0.347 e. The summed E-state index contributed by atoms with van der Waals surface area (Å²) in [7, 11) is 1.73. The number of hydrogen-bond donors (Lipinski definition) is 0. The zero-order chi connectivity index (χ0) is 20.9. The number of ketones is 1. The van der Waals surface area contributed by atoms with Gasteiger partial charge in [0.2, 0.25) is 0 Å². The number of benzene rings is 1. The van der Waals surface area contributed by atoms with Crippen LogP contribution in [0.1, 0.15) is 25.0 Å². The number of anilines is 1. The van der Waals surface area contributed by atoms with Gasteiger partial charge in [-0.15, -0.1) is 0 Å². The molecule has 2 aliphatic rings. The van der Waals surface area contributed by atoms with Crippen LogP contribution in [0.15, 0.2) is 65.5 Å². The van der Waals surface area contributed by atoms with Crippen LogP contribution >= 0.6 is 0 Å². The second-order valence-electron chi connectivity index (χ2n) is 7.11. The Labute approximate surface area is 159 Å². The van der Waals surface area contributed by atoms with Crippen LogP contribution in [0, 0.1) is 10.1 Å². The third-order valence-corrected chi connectivity index (χ3v) is 4.99. The predicted molar refractivity (Wildman–Crippen MR) is 98.3 cm³/mol. The molecule has 0 spiro atoms. The van der Waals surface area contributed by atoms with Gasteiger partial charge < -0.3 is 4.90 Å². The largest absolute Gasteiger partial charge is 0.416 e.